The summed E-state index contributed by atoms with van der Waals surface area (Å²) in [6.45, 7) is 0. The Hall–Kier alpha value is -6.72. The molecule has 0 aliphatic rings. The summed E-state index contributed by atoms with van der Waals surface area (Å²) in [6.07, 6.45) is 0. The van der Waals surface area contributed by atoms with Crippen molar-refractivity contribution in [3.05, 3.63) is 158 Å². The van der Waals surface area contributed by atoms with Crippen LogP contribution in [0.15, 0.2) is 162 Å². The molecule has 228 valence electrons. The Bertz CT molecular complexity index is 3100. The van der Waals surface area contributed by atoms with Crippen molar-refractivity contribution in [1.82, 2.24) is 19.1 Å². The molecule has 0 N–H and O–H groups in total. The highest BCUT2D eigenvalue weighted by atomic mass is 16.3. The van der Waals surface area contributed by atoms with Crippen molar-refractivity contribution >= 4 is 76.5 Å². The lowest BCUT2D eigenvalue weighted by molar-refractivity contribution is 0.669. The van der Waals surface area contributed by atoms with Crippen LogP contribution in [-0.2, 0) is 0 Å². The summed E-state index contributed by atoms with van der Waals surface area (Å²) in [7, 11) is 0. The molecule has 4 heterocycles. The molecule has 0 atom stereocenters. The molecule has 0 saturated carbocycles. The Labute approximate surface area is 279 Å². The number of hydrogen-bond acceptors (Lipinski definition) is 3. The lowest BCUT2D eigenvalue weighted by atomic mass is 10.0. The highest BCUT2D eigenvalue weighted by molar-refractivity contribution is 6.31. The summed E-state index contributed by atoms with van der Waals surface area (Å²) < 4.78 is 11.1. The van der Waals surface area contributed by atoms with Crippen LogP contribution < -0.4 is 0 Å². The predicted octanol–water partition coefficient (Wildman–Crippen LogP) is 11.4. The van der Waals surface area contributed by atoms with Gasteiger partial charge in [0.15, 0.2) is 0 Å². The molecule has 0 saturated heterocycles. The molecule has 4 aromatic heterocycles. The van der Waals surface area contributed by atoms with Crippen LogP contribution in [0.1, 0.15) is 0 Å². The average Bonchev–Trinajstić information content (AvgIpc) is 3.82. The number of aromatic nitrogens is 4. The fraction of sp³-hybridized carbons (Fsp3) is 0. The van der Waals surface area contributed by atoms with E-state index in [0.717, 1.165) is 82.6 Å². The number of benzene rings is 7. The van der Waals surface area contributed by atoms with Gasteiger partial charge in [0.2, 0.25) is 5.95 Å². The van der Waals surface area contributed by atoms with E-state index in [1.165, 1.54) is 10.8 Å². The Kier molecular flexibility index (Phi) is 5.32. The first-order valence-corrected chi connectivity index (χ1v) is 16.5. The fourth-order valence-corrected chi connectivity index (χ4v) is 7.89. The van der Waals surface area contributed by atoms with Crippen molar-refractivity contribution in [3.63, 3.8) is 0 Å². The van der Waals surface area contributed by atoms with Crippen LogP contribution in [0, 0.1) is 0 Å². The van der Waals surface area contributed by atoms with Gasteiger partial charge in [0.1, 0.15) is 11.2 Å². The molecule has 5 nitrogen and oxygen atoms in total. The first-order chi connectivity index (χ1) is 24.3. The van der Waals surface area contributed by atoms with Gasteiger partial charge in [-0.05, 0) is 42.5 Å². The second kappa shape index (κ2) is 9.89. The first-order valence-electron chi connectivity index (χ1n) is 16.5. The number of nitrogens with zero attached hydrogens (tertiary/aromatic N) is 4. The van der Waals surface area contributed by atoms with E-state index < -0.39 is 0 Å². The minimum atomic E-state index is 0.627. The van der Waals surface area contributed by atoms with Crippen LogP contribution in [-0.4, -0.2) is 19.1 Å². The van der Waals surface area contributed by atoms with Crippen molar-refractivity contribution < 1.29 is 4.42 Å². The van der Waals surface area contributed by atoms with Crippen LogP contribution >= 0.6 is 0 Å². The van der Waals surface area contributed by atoms with Crippen LogP contribution in [0.3, 0.4) is 0 Å². The highest BCUT2D eigenvalue weighted by Crippen LogP contribution is 2.45. The zero-order valence-electron chi connectivity index (χ0n) is 26.2. The van der Waals surface area contributed by atoms with Gasteiger partial charge < -0.3 is 8.98 Å². The molecule has 49 heavy (non-hydrogen) atoms. The zero-order chi connectivity index (χ0) is 32.1. The van der Waals surface area contributed by atoms with E-state index >= 15 is 0 Å². The second-order valence-electron chi connectivity index (χ2n) is 12.6. The lowest BCUT2D eigenvalue weighted by Crippen LogP contribution is -2.04. The zero-order valence-corrected chi connectivity index (χ0v) is 26.2. The Balaban J connectivity index is 1.41. The van der Waals surface area contributed by atoms with Gasteiger partial charge in [-0.25, -0.2) is 9.97 Å². The molecule has 0 unspecified atom stereocenters. The highest BCUT2D eigenvalue weighted by Gasteiger charge is 2.25. The molecule has 11 rings (SSSR count). The van der Waals surface area contributed by atoms with Crippen molar-refractivity contribution in [3.8, 4) is 22.9 Å². The first kappa shape index (κ1) is 26.4. The summed E-state index contributed by atoms with van der Waals surface area (Å²) >= 11 is 0. The molecule has 0 bridgehead atoms. The van der Waals surface area contributed by atoms with Crippen LogP contribution in [0.4, 0.5) is 0 Å². The van der Waals surface area contributed by atoms with E-state index in [0.29, 0.717) is 5.95 Å². The van der Waals surface area contributed by atoms with Gasteiger partial charge in [-0.1, -0.05) is 115 Å². The standard InChI is InChI=1S/C44H26N4O/c1-3-13-27(14-4-1)41-31-18-7-10-20-34(31)45-44(46-41)48-36-25-26-38-40(32-19-9-12-22-37(32)49-38)39(36)33-24-23-30-29-17-8-11-21-35(29)47(42(30)43(33)48)28-15-5-2-6-16-28/h1-26H. The van der Waals surface area contributed by atoms with Gasteiger partial charge in [0, 0.05) is 49.0 Å². The van der Waals surface area contributed by atoms with E-state index in [1.54, 1.807) is 0 Å². The third-order valence-electron chi connectivity index (χ3n) is 9.92. The van der Waals surface area contributed by atoms with Crippen molar-refractivity contribution in [2.45, 2.75) is 0 Å². The van der Waals surface area contributed by atoms with Gasteiger partial charge >= 0.3 is 0 Å². The monoisotopic (exact) mass is 626 g/mol. The summed E-state index contributed by atoms with van der Waals surface area (Å²) in [4.78, 5) is 10.7. The Morgan fingerprint density at radius 2 is 1.08 bits per heavy atom. The van der Waals surface area contributed by atoms with E-state index in [9.17, 15) is 0 Å². The Morgan fingerprint density at radius 3 is 1.94 bits per heavy atom. The second-order valence-corrected chi connectivity index (χ2v) is 12.6. The van der Waals surface area contributed by atoms with Crippen LogP contribution in [0.2, 0.25) is 0 Å². The van der Waals surface area contributed by atoms with E-state index in [4.69, 9.17) is 14.4 Å². The maximum atomic E-state index is 6.44. The van der Waals surface area contributed by atoms with E-state index in [1.807, 2.05) is 24.3 Å². The summed E-state index contributed by atoms with van der Waals surface area (Å²) in [6, 6.07) is 55.1. The quantitative estimate of drug-likeness (QED) is 0.196. The number of fused-ring (bicyclic) bond motifs is 12. The molecule has 0 radical (unpaired) electrons. The largest absolute Gasteiger partial charge is 0.456 e. The minimum absolute atomic E-state index is 0.627. The van der Waals surface area contributed by atoms with E-state index in [2.05, 4.69) is 143 Å². The molecule has 0 aliphatic heterocycles. The molecule has 0 fully saturated rings. The SMILES string of the molecule is c1ccc(-c2nc(-n3c4ccc5oc6ccccc6c5c4c4ccc5c6ccccc6n(-c6ccccc6)c5c43)nc3ccccc23)cc1. The van der Waals surface area contributed by atoms with Crippen LogP contribution in [0.25, 0.3) is 99.3 Å². The third kappa shape index (κ3) is 3.64. The molecule has 0 spiro atoms. The number of rotatable bonds is 3. The van der Waals surface area contributed by atoms with Crippen LogP contribution in [0.5, 0.6) is 0 Å². The van der Waals surface area contributed by atoms with E-state index in [-0.39, 0.29) is 0 Å². The van der Waals surface area contributed by atoms with Crippen molar-refractivity contribution in [1.29, 1.82) is 0 Å². The predicted molar refractivity (Wildman–Crippen MR) is 201 cm³/mol. The van der Waals surface area contributed by atoms with Gasteiger partial charge in [-0.15, -0.1) is 0 Å². The molecule has 11 aromatic rings. The lowest BCUT2D eigenvalue weighted by Gasteiger charge is -2.13. The van der Waals surface area contributed by atoms with Gasteiger partial charge in [0.25, 0.3) is 0 Å². The third-order valence-corrected chi connectivity index (χ3v) is 9.92. The normalized spacial score (nSPS) is 12.1. The summed E-state index contributed by atoms with van der Waals surface area (Å²) in [5.74, 6) is 0.627. The smallest absolute Gasteiger partial charge is 0.235 e. The average molecular weight is 627 g/mol. The topological polar surface area (TPSA) is 48.8 Å². The number of furan rings is 1. The molecular weight excluding hydrogens is 601 g/mol. The maximum absolute atomic E-state index is 6.44. The summed E-state index contributed by atoms with van der Waals surface area (Å²) in [5, 5.41) is 7.83. The molecular formula is C44H26N4O. The molecule has 7 aromatic carbocycles. The number of para-hydroxylation sites is 4. The number of hydrogen-bond donors (Lipinski definition) is 0. The van der Waals surface area contributed by atoms with Gasteiger partial charge in [-0.2, -0.15) is 0 Å². The summed E-state index contributed by atoms with van der Waals surface area (Å²) in [5.41, 5.74) is 10.0. The fourth-order valence-electron chi connectivity index (χ4n) is 7.89. The van der Waals surface area contributed by atoms with Gasteiger partial charge in [-0.3, -0.25) is 4.57 Å². The molecule has 0 aliphatic carbocycles. The minimum Gasteiger partial charge on any atom is -0.456 e. The van der Waals surface area contributed by atoms with Gasteiger partial charge in [0.05, 0.1) is 33.3 Å². The van der Waals surface area contributed by atoms with Crippen molar-refractivity contribution in [2.24, 2.45) is 0 Å². The van der Waals surface area contributed by atoms with Crippen molar-refractivity contribution in [2.75, 3.05) is 0 Å². The maximum Gasteiger partial charge on any atom is 0.235 e. The molecule has 0 amide bonds. The Morgan fingerprint density at radius 1 is 0.408 bits per heavy atom. The molecule has 5 heteroatoms.